The molecule has 1 aromatic carbocycles. The molecule has 1 saturated heterocycles. The van der Waals surface area contributed by atoms with E-state index in [1.807, 2.05) is 11.9 Å². The van der Waals surface area contributed by atoms with Crippen molar-refractivity contribution in [3.63, 3.8) is 0 Å². The van der Waals surface area contributed by atoms with Crippen molar-refractivity contribution in [1.29, 1.82) is 0 Å². The van der Waals surface area contributed by atoms with Crippen LogP contribution in [0.1, 0.15) is 5.56 Å². The highest BCUT2D eigenvalue weighted by Crippen LogP contribution is 2.21. The molecule has 7 heteroatoms. The molecule has 1 aliphatic rings. The van der Waals surface area contributed by atoms with E-state index in [9.17, 15) is 14.5 Å². The van der Waals surface area contributed by atoms with E-state index in [1.165, 1.54) is 12.1 Å². The van der Waals surface area contributed by atoms with Crippen LogP contribution in [0.15, 0.2) is 18.2 Å². The number of nitro groups is 1. The Bertz CT molecular complexity index is 478. The van der Waals surface area contributed by atoms with Crippen LogP contribution in [0.3, 0.4) is 0 Å². The number of halogens is 1. The van der Waals surface area contributed by atoms with Crippen molar-refractivity contribution in [3.05, 3.63) is 39.7 Å². The number of ether oxygens (including phenoxy) is 1. The maximum absolute atomic E-state index is 13.2. The van der Waals surface area contributed by atoms with Crippen molar-refractivity contribution in [2.24, 2.45) is 0 Å². The first-order valence-corrected chi connectivity index (χ1v) is 6.50. The summed E-state index contributed by atoms with van der Waals surface area (Å²) in [4.78, 5) is 12.4. The Kier molecular flexibility index (Phi) is 4.99. The van der Waals surface area contributed by atoms with E-state index < -0.39 is 10.7 Å². The highest BCUT2D eigenvalue weighted by Gasteiger charge is 2.19. The zero-order chi connectivity index (χ0) is 14.5. The molecule has 0 spiro atoms. The standard InChI is InChI=1S/C13H18FN3O3/c1-16(9-12-7-15-4-5-20-12)8-10-6-11(14)2-3-13(10)17(18)19/h2-3,6,12,15H,4-5,7-9H2,1H3. The number of nitro benzene ring substituents is 1. The zero-order valence-corrected chi connectivity index (χ0v) is 11.3. The average Bonchev–Trinajstić information content (AvgIpc) is 2.39. The third-order valence-corrected chi connectivity index (χ3v) is 3.20. The monoisotopic (exact) mass is 283 g/mol. The fourth-order valence-corrected chi connectivity index (χ4v) is 2.30. The summed E-state index contributed by atoms with van der Waals surface area (Å²) in [6.07, 6.45) is 0.0568. The van der Waals surface area contributed by atoms with Crippen LogP contribution in [0.4, 0.5) is 10.1 Å². The van der Waals surface area contributed by atoms with Gasteiger partial charge in [-0.1, -0.05) is 0 Å². The van der Waals surface area contributed by atoms with E-state index in [4.69, 9.17) is 4.74 Å². The molecule has 1 aliphatic heterocycles. The second-order valence-electron chi connectivity index (χ2n) is 4.92. The van der Waals surface area contributed by atoms with Gasteiger partial charge in [0.1, 0.15) is 5.82 Å². The molecule has 1 atom stereocenters. The number of likely N-dealkylation sites (N-methyl/N-ethyl adjacent to an activating group) is 1. The predicted molar refractivity (Wildman–Crippen MR) is 72.0 cm³/mol. The second kappa shape index (κ2) is 6.74. The zero-order valence-electron chi connectivity index (χ0n) is 11.3. The Morgan fingerprint density at radius 2 is 2.40 bits per heavy atom. The van der Waals surface area contributed by atoms with E-state index >= 15 is 0 Å². The van der Waals surface area contributed by atoms with Gasteiger partial charge in [-0.15, -0.1) is 0 Å². The topological polar surface area (TPSA) is 67.6 Å². The van der Waals surface area contributed by atoms with Gasteiger partial charge in [-0.25, -0.2) is 4.39 Å². The van der Waals surface area contributed by atoms with Gasteiger partial charge in [0.15, 0.2) is 0 Å². The number of morpholine rings is 1. The SMILES string of the molecule is CN(Cc1cc(F)ccc1[N+](=O)[O-])CC1CNCCO1. The summed E-state index contributed by atoms with van der Waals surface area (Å²) in [7, 11) is 1.84. The highest BCUT2D eigenvalue weighted by molar-refractivity contribution is 5.40. The largest absolute Gasteiger partial charge is 0.374 e. The molecule has 0 bridgehead atoms. The molecule has 1 unspecified atom stereocenters. The summed E-state index contributed by atoms with van der Waals surface area (Å²) in [5.74, 6) is -0.463. The summed E-state index contributed by atoms with van der Waals surface area (Å²) in [5, 5.41) is 14.2. The first kappa shape index (κ1) is 14.8. The summed E-state index contributed by atoms with van der Waals surface area (Å²) < 4.78 is 18.8. The molecule has 0 saturated carbocycles. The van der Waals surface area contributed by atoms with Crippen molar-refractivity contribution in [3.8, 4) is 0 Å². The molecule has 0 amide bonds. The maximum atomic E-state index is 13.2. The Hall–Kier alpha value is -1.57. The van der Waals surface area contributed by atoms with Gasteiger partial charge < -0.3 is 10.1 Å². The number of benzene rings is 1. The summed E-state index contributed by atoms with van der Waals surface area (Å²) in [6.45, 7) is 3.22. The summed E-state index contributed by atoms with van der Waals surface area (Å²) >= 11 is 0. The summed E-state index contributed by atoms with van der Waals surface area (Å²) in [5.41, 5.74) is 0.321. The summed E-state index contributed by atoms with van der Waals surface area (Å²) in [6, 6.07) is 3.53. The van der Waals surface area contributed by atoms with Gasteiger partial charge in [-0.05, 0) is 19.2 Å². The van der Waals surface area contributed by atoms with Gasteiger partial charge in [0.05, 0.1) is 17.6 Å². The second-order valence-corrected chi connectivity index (χ2v) is 4.92. The first-order chi connectivity index (χ1) is 9.56. The van der Waals surface area contributed by atoms with Crippen LogP contribution in [-0.2, 0) is 11.3 Å². The lowest BCUT2D eigenvalue weighted by molar-refractivity contribution is -0.385. The van der Waals surface area contributed by atoms with Crippen LogP contribution in [0.5, 0.6) is 0 Å². The van der Waals surface area contributed by atoms with Crippen molar-refractivity contribution in [2.45, 2.75) is 12.6 Å². The van der Waals surface area contributed by atoms with Crippen LogP contribution in [0.2, 0.25) is 0 Å². The average molecular weight is 283 g/mol. The Balaban J connectivity index is 2.00. The molecule has 1 fully saturated rings. The number of rotatable bonds is 5. The molecule has 6 nitrogen and oxygen atoms in total. The van der Waals surface area contributed by atoms with Gasteiger partial charge in [-0.2, -0.15) is 0 Å². The van der Waals surface area contributed by atoms with Gasteiger partial charge in [-0.3, -0.25) is 15.0 Å². The Morgan fingerprint density at radius 1 is 1.60 bits per heavy atom. The molecule has 0 radical (unpaired) electrons. The van der Waals surface area contributed by atoms with E-state index in [0.717, 1.165) is 19.2 Å². The van der Waals surface area contributed by atoms with E-state index in [2.05, 4.69) is 5.32 Å². The van der Waals surface area contributed by atoms with Gasteiger partial charge in [0, 0.05) is 37.8 Å². The van der Waals surface area contributed by atoms with E-state index in [0.29, 0.717) is 25.3 Å². The minimum Gasteiger partial charge on any atom is -0.374 e. The lowest BCUT2D eigenvalue weighted by Gasteiger charge is -2.27. The minimum atomic E-state index is -0.485. The lowest BCUT2D eigenvalue weighted by atomic mass is 10.1. The van der Waals surface area contributed by atoms with Crippen LogP contribution >= 0.6 is 0 Å². The number of hydrogen-bond donors (Lipinski definition) is 1. The van der Waals surface area contributed by atoms with E-state index in [1.54, 1.807) is 0 Å². The van der Waals surface area contributed by atoms with E-state index in [-0.39, 0.29) is 11.8 Å². The van der Waals surface area contributed by atoms with Crippen molar-refractivity contribution in [2.75, 3.05) is 33.3 Å². The maximum Gasteiger partial charge on any atom is 0.274 e. The first-order valence-electron chi connectivity index (χ1n) is 6.50. The predicted octanol–water partition coefficient (Wildman–Crippen LogP) is 1.15. The molecule has 1 heterocycles. The molecule has 0 aromatic heterocycles. The minimum absolute atomic E-state index is 0.0547. The third-order valence-electron chi connectivity index (χ3n) is 3.20. The Labute approximate surface area is 116 Å². The van der Waals surface area contributed by atoms with Gasteiger partial charge in [0.2, 0.25) is 0 Å². The normalized spacial score (nSPS) is 19.2. The Morgan fingerprint density at radius 3 is 3.05 bits per heavy atom. The highest BCUT2D eigenvalue weighted by atomic mass is 19.1. The quantitative estimate of drug-likeness (QED) is 0.648. The van der Waals surface area contributed by atoms with Crippen LogP contribution in [0, 0.1) is 15.9 Å². The van der Waals surface area contributed by atoms with Crippen LogP contribution in [-0.4, -0.2) is 49.2 Å². The number of nitrogens with one attached hydrogen (secondary N) is 1. The smallest absolute Gasteiger partial charge is 0.274 e. The van der Waals surface area contributed by atoms with Crippen LogP contribution in [0.25, 0.3) is 0 Å². The van der Waals surface area contributed by atoms with Gasteiger partial charge >= 0.3 is 0 Å². The van der Waals surface area contributed by atoms with Gasteiger partial charge in [0.25, 0.3) is 5.69 Å². The molecule has 2 rings (SSSR count). The fourth-order valence-electron chi connectivity index (χ4n) is 2.30. The number of nitrogens with zero attached hydrogens (tertiary/aromatic N) is 2. The molecule has 110 valence electrons. The molecule has 20 heavy (non-hydrogen) atoms. The molecule has 1 N–H and O–H groups in total. The molecular formula is C13H18FN3O3. The molecule has 1 aromatic rings. The van der Waals surface area contributed by atoms with Crippen molar-refractivity contribution < 1.29 is 14.1 Å². The van der Waals surface area contributed by atoms with Crippen LogP contribution < -0.4 is 5.32 Å². The molecular weight excluding hydrogens is 265 g/mol. The van der Waals surface area contributed by atoms with Crippen molar-refractivity contribution in [1.82, 2.24) is 10.2 Å². The number of hydrogen-bond acceptors (Lipinski definition) is 5. The third kappa shape index (κ3) is 3.96. The lowest BCUT2D eigenvalue weighted by Crippen LogP contribution is -2.44. The van der Waals surface area contributed by atoms with Crippen molar-refractivity contribution >= 4 is 5.69 Å². The molecule has 0 aliphatic carbocycles. The fraction of sp³-hybridized carbons (Fsp3) is 0.538.